The molecule has 0 heterocycles. The van der Waals surface area contributed by atoms with Crippen molar-refractivity contribution in [2.24, 2.45) is 0 Å². The lowest BCUT2D eigenvalue weighted by atomic mass is 9.99. The maximum Gasteiger partial charge on any atom is 0.119 e. The number of ether oxygens (including phenoxy) is 2. The minimum Gasteiger partial charge on any atom is -0.497 e. The van der Waals surface area contributed by atoms with Gasteiger partial charge >= 0.3 is 0 Å². The van der Waals surface area contributed by atoms with E-state index in [2.05, 4.69) is 0 Å². The molecule has 0 aliphatic heterocycles. The molecule has 0 aromatic heterocycles. The molecule has 0 saturated heterocycles. The molecule has 0 saturated carbocycles. The average molecular weight is 224 g/mol. The molecule has 3 nitrogen and oxygen atoms in total. The Balaban J connectivity index is 2.54. The SMILES string of the molecule is CCC(O)(CC)COc1ccc(OC)cc1. The Hall–Kier alpha value is -1.22. The monoisotopic (exact) mass is 224 g/mol. The summed E-state index contributed by atoms with van der Waals surface area (Å²) in [5.74, 6) is 1.55. The lowest BCUT2D eigenvalue weighted by Crippen LogP contribution is -2.34. The number of benzene rings is 1. The second-order valence-corrected chi connectivity index (χ2v) is 3.90. The van der Waals surface area contributed by atoms with Gasteiger partial charge in [0, 0.05) is 0 Å². The van der Waals surface area contributed by atoms with E-state index in [1.54, 1.807) is 7.11 Å². The summed E-state index contributed by atoms with van der Waals surface area (Å²) in [5.41, 5.74) is -0.722. The van der Waals surface area contributed by atoms with Gasteiger partial charge in [0.15, 0.2) is 0 Å². The molecule has 90 valence electrons. The largest absolute Gasteiger partial charge is 0.497 e. The highest BCUT2D eigenvalue weighted by atomic mass is 16.5. The standard InChI is InChI=1S/C13H20O3/c1-4-13(14,5-2)10-16-12-8-6-11(15-3)7-9-12/h6-9,14H,4-5,10H2,1-3H3. The van der Waals surface area contributed by atoms with Gasteiger partial charge in [0.2, 0.25) is 0 Å². The van der Waals surface area contributed by atoms with Gasteiger partial charge in [-0.05, 0) is 37.1 Å². The van der Waals surface area contributed by atoms with E-state index in [4.69, 9.17) is 9.47 Å². The molecular formula is C13H20O3. The van der Waals surface area contributed by atoms with Crippen molar-refractivity contribution in [2.75, 3.05) is 13.7 Å². The van der Waals surface area contributed by atoms with Gasteiger partial charge in [-0.3, -0.25) is 0 Å². The van der Waals surface area contributed by atoms with Crippen LogP contribution in [0.3, 0.4) is 0 Å². The van der Waals surface area contributed by atoms with Gasteiger partial charge in [-0.15, -0.1) is 0 Å². The molecule has 1 rings (SSSR count). The van der Waals surface area contributed by atoms with E-state index in [9.17, 15) is 5.11 Å². The summed E-state index contributed by atoms with van der Waals surface area (Å²) in [6.07, 6.45) is 1.39. The first-order valence-electron chi connectivity index (χ1n) is 5.63. The van der Waals surface area contributed by atoms with E-state index < -0.39 is 5.60 Å². The topological polar surface area (TPSA) is 38.7 Å². The van der Waals surface area contributed by atoms with Crippen molar-refractivity contribution >= 4 is 0 Å². The third-order valence-corrected chi connectivity index (χ3v) is 2.88. The number of aliphatic hydroxyl groups is 1. The predicted molar refractivity (Wildman–Crippen MR) is 64.0 cm³/mol. The third-order valence-electron chi connectivity index (χ3n) is 2.88. The molecule has 0 fully saturated rings. The fraction of sp³-hybridized carbons (Fsp3) is 0.538. The van der Waals surface area contributed by atoms with Crippen LogP contribution in [0.1, 0.15) is 26.7 Å². The third kappa shape index (κ3) is 3.42. The van der Waals surface area contributed by atoms with Gasteiger partial charge in [0.05, 0.1) is 12.7 Å². The van der Waals surface area contributed by atoms with Crippen LogP contribution >= 0.6 is 0 Å². The average Bonchev–Trinajstić information content (AvgIpc) is 2.36. The fourth-order valence-corrected chi connectivity index (χ4v) is 1.34. The summed E-state index contributed by atoms with van der Waals surface area (Å²) in [4.78, 5) is 0. The van der Waals surface area contributed by atoms with Crippen LogP contribution < -0.4 is 9.47 Å². The van der Waals surface area contributed by atoms with Crippen molar-refractivity contribution in [3.05, 3.63) is 24.3 Å². The zero-order valence-corrected chi connectivity index (χ0v) is 10.2. The minimum atomic E-state index is -0.722. The van der Waals surface area contributed by atoms with Gasteiger partial charge in [-0.2, -0.15) is 0 Å². The molecule has 3 heteroatoms. The van der Waals surface area contributed by atoms with Gasteiger partial charge in [0.25, 0.3) is 0 Å². The molecule has 1 aromatic carbocycles. The summed E-state index contributed by atoms with van der Waals surface area (Å²) >= 11 is 0. The molecule has 0 bridgehead atoms. The van der Waals surface area contributed by atoms with E-state index >= 15 is 0 Å². The highest BCUT2D eigenvalue weighted by molar-refractivity contribution is 5.31. The van der Waals surface area contributed by atoms with Gasteiger partial charge < -0.3 is 14.6 Å². The molecule has 0 spiro atoms. The first-order chi connectivity index (χ1) is 7.63. The lowest BCUT2D eigenvalue weighted by molar-refractivity contribution is -0.0113. The predicted octanol–water partition coefficient (Wildman–Crippen LogP) is 2.63. The van der Waals surface area contributed by atoms with Gasteiger partial charge in [0.1, 0.15) is 18.1 Å². The molecule has 0 aliphatic rings. The maximum absolute atomic E-state index is 10.0. The number of methoxy groups -OCH3 is 1. The van der Waals surface area contributed by atoms with E-state index in [1.807, 2.05) is 38.1 Å². The molecule has 0 atom stereocenters. The Morgan fingerprint density at radius 3 is 2.00 bits per heavy atom. The smallest absolute Gasteiger partial charge is 0.119 e. The quantitative estimate of drug-likeness (QED) is 0.807. The van der Waals surface area contributed by atoms with E-state index in [1.165, 1.54) is 0 Å². The lowest BCUT2D eigenvalue weighted by Gasteiger charge is -2.25. The van der Waals surface area contributed by atoms with Crippen LogP contribution in [0.4, 0.5) is 0 Å². The van der Waals surface area contributed by atoms with Crippen molar-refractivity contribution in [1.82, 2.24) is 0 Å². The zero-order valence-electron chi connectivity index (χ0n) is 10.2. The summed E-state index contributed by atoms with van der Waals surface area (Å²) < 4.78 is 10.6. The summed E-state index contributed by atoms with van der Waals surface area (Å²) in [7, 11) is 1.63. The Labute approximate surface area is 97.0 Å². The molecule has 0 radical (unpaired) electrons. The Morgan fingerprint density at radius 2 is 1.56 bits per heavy atom. The van der Waals surface area contributed by atoms with Crippen molar-refractivity contribution in [2.45, 2.75) is 32.3 Å². The number of hydrogen-bond acceptors (Lipinski definition) is 3. The fourth-order valence-electron chi connectivity index (χ4n) is 1.34. The van der Waals surface area contributed by atoms with E-state index in [0.717, 1.165) is 11.5 Å². The molecule has 16 heavy (non-hydrogen) atoms. The first kappa shape index (κ1) is 12.8. The van der Waals surface area contributed by atoms with Crippen molar-refractivity contribution < 1.29 is 14.6 Å². The highest BCUT2D eigenvalue weighted by Gasteiger charge is 2.22. The van der Waals surface area contributed by atoms with Gasteiger partial charge in [-0.1, -0.05) is 13.8 Å². The summed E-state index contributed by atoms with van der Waals surface area (Å²) in [6.45, 7) is 4.24. The van der Waals surface area contributed by atoms with Crippen LogP contribution in [0.15, 0.2) is 24.3 Å². The van der Waals surface area contributed by atoms with Crippen LogP contribution in [-0.2, 0) is 0 Å². The molecule has 1 aromatic rings. The Bertz CT molecular complexity index is 301. The summed E-state index contributed by atoms with van der Waals surface area (Å²) in [5, 5.41) is 10.0. The van der Waals surface area contributed by atoms with E-state index in [-0.39, 0.29) is 0 Å². The maximum atomic E-state index is 10.0. The molecule has 1 N–H and O–H groups in total. The summed E-state index contributed by atoms with van der Waals surface area (Å²) in [6, 6.07) is 7.35. The normalized spacial score (nSPS) is 11.2. The number of rotatable bonds is 6. The van der Waals surface area contributed by atoms with Crippen molar-refractivity contribution in [3.8, 4) is 11.5 Å². The second-order valence-electron chi connectivity index (χ2n) is 3.90. The van der Waals surface area contributed by atoms with Crippen LogP contribution in [0.25, 0.3) is 0 Å². The molecular weight excluding hydrogens is 204 g/mol. The van der Waals surface area contributed by atoms with Gasteiger partial charge in [-0.25, -0.2) is 0 Å². The minimum absolute atomic E-state index is 0.326. The molecule has 0 aliphatic carbocycles. The molecule has 0 unspecified atom stereocenters. The Kier molecular flexibility index (Phi) is 4.62. The van der Waals surface area contributed by atoms with Crippen molar-refractivity contribution in [1.29, 1.82) is 0 Å². The van der Waals surface area contributed by atoms with Crippen molar-refractivity contribution in [3.63, 3.8) is 0 Å². The van der Waals surface area contributed by atoms with Crippen LogP contribution in [-0.4, -0.2) is 24.4 Å². The molecule has 0 amide bonds. The van der Waals surface area contributed by atoms with Crippen LogP contribution in [0.5, 0.6) is 11.5 Å². The van der Waals surface area contributed by atoms with Crippen LogP contribution in [0.2, 0.25) is 0 Å². The zero-order chi connectivity index (χ0) is 12.0. The van der Waals surface area contributed by atoms with E-state index in [0.29, 0.717) is 19.4 Å². The second kappa shape index (κ2) is 5.75. The first-order valence-corrected chi connectivity index (χ1v) is 5.63. The number of hydrogen-bond donors (Lipinski definition) is 1. The Morgan fingerprint density at radius 1 is 1.06 bits per heavy atom. The van der Waals surface area contributed by atoms with Crippen LogP contribution in [0, 0.1) is 0 Å². The highest BCUT2D eigenvalue weighted by Crippen LogP contribution is 2.20.